The van der Waals surface area contributed by atoms with Crippen molar-refractivity contribution in [1.29, 1.82) is 0 Å². The molecule has 0 saturated carbocycles. The Bertz CT molecular complexity index is 404. The van der Waals surface area contributed by atoms with Gasteiger partial charge in [-0.15, -0.1) is 11.6 Å². The lowest BCUT2D eigenvalue weighted by Crippen LogP contribution is -1.99. The lowest BCUT2D eigenvalue weighted by Gasteiger charge is -2.11. The quantitative estimate of drug-likeness (QED) is 0.669. The lowest BCUT2D eigenvalue weighted by molar-refractivity contribution is 0.353. The van der Waals surface area contributed by atoms with E-state index in [-0.39, 0.29) is 0 Å². The van der Waals surface area contributed by atoms with Gasteiger partial charge in [0.15, 0.2) is 0 Å². The Balaban J connectivity index is 1.93. The molecule has 1 atom stereocenters. The van der Waals surface area contributed by atoms with Crippen LogP contribution in [0.4, 0.5) is 0 Å². The molecule has 1 unspecified atom stereocenters. The average Bonchev–Trinajstić information content (AvgIpc) is 2.77. The minimum Gasteiger partial charge on any atom is -0.493 e. The van der Waals surface area contributed by atoms with Gasteiger partial charge in [-0.2, -0.15) is 0 Å². The Morgan fingerprint density at radius 2 is 2.17 bits per heavy atom. The normalized spacial score (nSPS) is 15.3. The third kappa shape index (κ3) is 3.55. The first-order valence-electron chi connectivity index (χ1n) is 6.79. The van der Waals surface area contributed by atoms with E-state index < -0.39 is 0 Å². The largest absolute Gasteiger partial charge is 0.493 e. The van der Waals surface area contributed by atoms with Crippen molar-refractivity contribution in [2.75, 3.05) is 6.61 Å². The van der Waals surface area contributed by atoms with Gasteiger partial charge in [-0.1, -0.05) is 24.9 Å². The first-order valence-corrected chi connectivity index (χ1v) is 7.60. The van der Waals surface area contributed by atoms with Crippen LogP contribution in [-0.4, -0.2) is 12.0 Å². The number of hydrogen-bond acceptors (Lipinski definition) is 1. The van der Waals surface area contributed by atoms with Crippen LogP contribution in [0, 0.1) is 0 Å². The Kier molecular flexibility index (Phi) is 5.20. The molecule has 0 N–H and O–H groups in total. The van der Waals surface area contributed by atoms with E-state index in [0.29, 0.717) is 5.38 Å². The van der Waals surface area contributed by atoms with Gasteiger partial charge in [0.05, 0.1) is 6.61 Å². The topological polar surface area (TPSA) is 9.23 Å². The lowest BCUT2D eigenvalue weighted by atomic mass is 10.0. The van der Waals surface area contributed by atoms with Gasteiger partial charge in [0, 0.05) is 16.8 Å². The first kappa shape index (κ1) is 14.0. The van der Waals surface area contributed by atoms with Crippen molar-refractivity contribution in [3.8, 4) is 5.75 Å². The van der Waals surface area contributed by atoms with Crippen LogP contribution in [0.1, 0.15) is 43.7 Å². The van der Waals surface area contributed by atoms with Crippen molar-refractivity contribution in [2.45, 2.75) is 50.8 Å². The molecule has 0 aromatic heterocycles. The zero-order valence-corrected chi connectivity index (χ0v) is 12.4. The van der Waals surface area contributed by atoms with Crippen LogP contribution in [-0.2, 0) is 12.8 Å². The number of fused-ring (bicyclic) bond motifs is 1. The van der Waals surface area contributed by atoms with Gasteiger partial charge in [0.25, 0.3) is 0 Å². The van der Waals surface area contributed by atoms with E-state index in [1.807, 2.05) is 12.1 Å². The summed E-state index contributed by atoms with van der Waals surface area (Å²) in [5.74, 6) is 1.07. The SMILES string of the molecule is CCCC(Cl)CCCc1cc(Cl)cc2c1OCC2. The van der Waals surface area contributed by atoms with Crippen molar-refractivity contribution < 1.29 is 4.74 Å². The molecule has 0 saturated heterocycles. The Labute approximate surface area is 119 Å². The summed E-state index contributed by atoms with van der Waals surface area (Å²) >= 11 is 12.4. The molecule has 1 aliphatic heterocycles. The summed E-state index contributed by atoms with van der Waals surface area (Å²) in [4.78, 5) is 0. The fourth-order valence-electron chi connectivity index (χ4n) is 2.50. The van der Waals surface area contributed by atoms with Crippen molar-refractivity contribution in [1.82, 2.24) is 0 Å². The van der Waals surface area contributed by atoms with Crippen LogP contribution >= 0.6 is 23.2 Å². The van der Waals surface area contributed by atoms with Crippen LogP contribution in [0.25, 0.3) is 0 Å². The van der Waals surface area contributed by atoms with E-state index in [9.17, 15) is 0 Å². The zero-order valence-electron chi connectivity index (χ0n) is 10.8. The van der Waals surface area contributed by atoms with Gasteiger partial charge >= 0.3 is 0 Å². The highest BCUT2D eigenvalue weighted by Crippen LogP contribution is 2.33. The Hall–Kier alpha value is -0.400. The van der Waals surface area contributed by atoms with Gasteiger partial charge in [-0.3, -0.25) is 0 Å². The molecule has 0 bridgehead atoms. The molecule has 0 spiro atoms. The zero-order chi connectivity index (χ0) is 13.0. The number of halogens is 2. The molecule has 0 radical (unpaired) electrons. The highest BCUT2D eigenvalue weighted by molar-refractivity contribution is 6.30. The predicted octanol–water partition coefficient (Wildman–Crippen LogP) is 5.01. The van der Waals surface area contributed by atoms with Crippen LogP contribution in [0.5, 0.6) is 5.75 Å². The smallest absolute Gasteiger partial charge is 0.125 e. The summed E-state index contributed by atoms with van der Waals surface area (Å²) in [7, 11) is 0. The van der Waals surface area contributed by atoms with Crippen molar-refractivity contribution in [3.63, 3.8) is 0 Å². The van der Waals surface area contributed by atoms with Crippen molar-refractivity contribution in [2.24, 2.45) is 0 Å². The first-order chi connectivity index (χ1) is 8.70. The second-order valence-corrected chi connectivity index (χ2v) is 5.98. The highest BCUT2D eigenvalue weighted by Gasteiger charge is 2.17. The number of ether oxygens (including phenoxy) is 1. The molecule has 1 heterocycles. The second-order valence-electron chi connectivity index (χ2n) is 4.93. The molecule has 18 heavy (non-hydrogen) atoms. The summed E-state index contributed by atoms with van der Waals surface area (Å²) < 4.78 is 5.70. The number of rotatable bonds is 6. The molecular formula is C15H20Cl2O. The van der Waals surface area contributed by atoms with Crippen LogP contribution in [0.15, 0.2) is 12.1 Å². The number of alkyl halides is 1. The summed E-state index contributed by atoms with van der Waals surface area (Å²) in [6, 6.07) is 4.06. The monoisotopic (exact) mass is 286 g/mol. The average molecular weight is 287 g/mol. The maximum absolute atomic E-state index is 6.24. The summed E-state index contributed by atoms with van der Waals surface area (Å²) in [6.45, 7) is 2.96. The van der Waals surface area contributed by atoms with E-state index >= 15 is 0 Å². The molecule has 1 aliphatic rings. The van der Waals surface area contributed by atoms with Crippen LogP contribution in [0.3, 0.4) is 0 Å². The van der Waals surface area contributed by atoms with Crippen molar-refractivity contribution in [3.05, 3.63) is 28.3 Å². The molecule has 0 fully saturated rings. The van der Waals surface area contributed by atoms with Crippen molar-refractivity contribution >= 4 is 23.2 Å². The van der Waals surface area contributed by atoms with Gasteiger partial charge < -0.3 is 4.74 Å². The molecule has 1 nitrogen and oxygen atoms in total. The van der Waals surface area contributed by atoms with Gasteiger partial charge in [-0.05, 0) is 48.9 Å². The second kappa shape index (κ2) is 6.68. The number of hydrogen-bond donors (Lipinski definition) is 0. The summed E-state index contributed by atoms with van der Waals surface area (Å²) in [5.41, 5.74) is 2.50. The molecule has 0 amide bonds. The van der Waals surface area contributed by atoms with E-state index in [1.54, 1.807) is 0 Å². The molecule has 3 heteroatoms. The fourth-order valence-corrected chi connectivity index (χ4v) is 3.14. The minimum atomic E-state index is 0.308. The molecule has 1 aromatic rings. The number of benzene rings is 1. The Morgan fingerprint density at radius 3 is 2.94 bits per heavy atom. The van der Waals surface area contributed by atoms with Crippen LogP contribution < -0.4 is 4.74 Å². The van der Waals surface area contributed by atoms with Gasteiger partial charge in [0.2, 0.25) is 0 Å². The highest BCUT2D eigenvalue weighted by atomic mass is 35.5. The molecule has 1 aromatic carbocycles. The molecular weight excluding hydrogens is 267 g/mol. The van der Waals surface area contributed by atoms with E-state index in [1.165, 1.54) is 11.1 Å². The standard InChI is InChI=1S/C15H20Cl2O/c1-2-4-13(16)6-3-5-11-9-14(17)10-12-7-8-18-15(11)12/h9-10,13H,2-8H2,1H3. The Morgan fingerprint density at radius 1 is 1.33 bits per heavy atom. The number of aryl methyl sites for hydroxylation is 1. The fraction of sp³-hybridized carbons (Fsp3) is 0.600. The van der Waals surface area contributed by atoms with Gasteiger partial charge in [-0.25, -0.2) is 0 Å². The summed E-state index contributed by atoms with van der Waals surface area (Å²) in [6.07, 6.45) is 6.42. The third-order valence-electron chi connectivity index (χ3n) is 3.39. The van der Waals surface area contributed by atoms with E-state index in [4.69, 9.17) is 27.9 Å². The maximum Gasteiger partial charge on any atom is 0.125 e. The molecule has 100 valence electrons. The minimum absolute atomic E-state index is 0.308. The summed E-state index contributed by atoms with van der Waals surface area (Å²) in [5, 5.41) is 1.13. The molecule has 2 rings (SSSR count). The third-order valence-corrected chi connectivity index (χ3v) is 4.05. The maximum atomic E-state index is 6.24. The van der Waals surface area contributed by atoms with E-state index in [2.05, 4.69) is 6.92 Å². The van der Waals surface area contributed by atoms with Gasteiger partial charge in [0.1, 0.15) is 5.75 Å². The molecule has 0 aliphatic carbocycles. The van der Waals surface area contributed by atoms with Crippen LogP contribution in [0.2, 0.25) is 5.02 Å². The predicted molar refractivity (Wildman–Crippen MR) is 78.1 cm³/mol. The van der Waals surface area contributed by atoms with E-state index in [0.717, 1.165) is 55.9 Å².